The fourth-order valence-corrected chi connectivity index (χ4v) is 4.07. The molecule has 0 bridgehead atoms. The molecule has 35 heavy (non-hydrogen) atoms. The maximum absolute atomic E-state index is 13.2. The van der Waals surface area contributed by atoms with Gasteiger partial charge in [-0.3, -0.25) is 4.79 Å². The second-order valence-corrected chi connectivity index (χ2v) is 8.53. The number of methoxy groups -OCH3 is 1. The molecule has 0 aromatic heterocycles. The molecule has 4 rings (SSSR count). The molecule has 5 nitrogen and oxygen atoms in total. The maximum atomic E-state index is 13.2. The highest BCUT2D eigenvalue weighted by Crippen LogP contribution is 2.32. The number of ether oxygens (including phenoxy) is 2. The Balaban J connectivity index is 1.41. The Hall–Kier alpha value is -3.39. The fraction of sp³-hybridized carbons (Fsp3) is 0.269. The molecule has 0 aliphatic carbocycles. The predicted molar refractivity (Wildman–Crippen MR) is 128 cm³/mol. The summed E-state index contributed by atoms with van der Waals surface area (Å²) in [6.45, 7) is 1.89. The first-order valence-electron chi connectivity index (χ1n) is 11.0. The molecule has 1 fully saturated rings. The van der Waals surface area contributed by atoms with Gasteiger partial charge >= 0.3 is 6.18 Å². The van der Waals surface area contributed by atoms with Gasteiger partial charge in [-0.1, -0.05) is 17.7 Å². The number of amides is 1. The van der Waals surface area contributed by atoms with Gasteiger partial charge in [-0.25, -0.2) is 0 Å². The summed E-state index contributed by atoms with van der Waals surface area (Å²) in [5.74, 6) is 1.09. The van der Waals surface area contributed by atoms with Crippen LogP contribution in [0.5, 0.6) is 11.5 Å². The smallest absolute Gasteiger partial charge is 0.416 e. The monoisotopic (exact) mass is 504 g/mol. The van der Waals surface area contributed by atoms with E-state index in [1.165, 1.54) is 6.07 Å². The highest BCUT2D eigenvalue weighted by molar-refractivity contribution is 6.30. The van der Waals surface area contributed by atoms with Crippen LogP contribution in [-0.4, -0.2) is 44.1 Å². The first-order chi connectivity index (χ1) is 16.7. The molecule has 1 heterocycles. The number of benzene rings is 3. The molecule has 0 N–H and O–H groups in total. The Labute approximate surface area is 206 Å². The van der Waals surface area contributed by atoms with Crippen molar-refractivity contribution in [2.75, 3.05) is 38.2 Å². The number of hydrogen-bond donors (Lipinski definition) is 0. The van der Waals surface area contributed by atoms with E-state index in [1.807, 2.05) is 4.90 Å². The van der Waals surface area contributed by atoms with Crippen molar-refractivity contribution in [2.24, 2.45) is 0 Å². The Morgan fingerprint density at radius 3 is 2.34 bits per heavy atom. The van der Waals surface area contributed by atoms with Crippen molar-refractivity contribution < 1.29 is 27.4 Å². The molecular formula is C26H24ClF3N2O3. The van der Waals surface area contributed by atoms with Crippen LogP contribution in [0.3, 0.4) is 0 Å². The second kappa shape index (κ2) is 10.5. The first-order valence-corrected chi connectivity index (χ1v) is 11.4. The van der Waals surface area contributed by atoms with Gasteiger partial charge in [0.15, 0.2) is 0 Å². The lowest BCUT2D eigenvalue weighted by atomic mass is 10.1. The maximum Gasteiger partial charge on any atom is 0.416 e. The Morgan fingerprint density at radius 2 is 1.69 bits per heavy atom. The SMILES string of the molecule is COc1ccc(C(=O)N2CCN(c3cccc(C(F)(F)F)c3)CC2)cc1COc1ccc(Cl)cc1. The van der Waals surface area contributed by atoms with Gasteiger partial charge in [0, 0.05) is 48.0 Å². The lowest BCUT2D eigenvalue weighted by Crippen LogP contribution is -2.48. The van der Waals surface area contributed by atoms with Gasteiger partial charge in [-0.15, -0.1) is 0 Å². The Morgan fingerprint density at radius 1 is 0.971 bits per heavy atom. The number of piperazine rings is 1. The van der Waals surface area contributed by atoms with E-state index in [4.69, 9.17) is 21.1 Å². The lowest BCUT2D eigenvalue weighted by Gasteiger charge is -2.36. The van der Waals surface area contributed by atoms with E-state index >= 15 is 0 Å². The van der Waals surface area contributed by atoms with E-state index in [0.29, 0.717) is 54.0 Å². The highest BCUT2D eigenvalue weighted by Gasteiger charge is 2.31. The lowest BCUT2D eigenvalue weighted by molar-refractivity contribution is -0.137. The minimum Gasteiger partial charge on any atom is -0.496 e. The van der Waals surface area contributed by atoms with Gasteiger partial charge in [-0.2, -0.15) is 13.2 Å². The zero-order valence-electron chi connectivity index (χ0n) is 19.0. The third-order valence-electron chi connectivity index (χ3n) is 5.84. The van der Waals surface area contributed by atoms with Crippen LogP contribution in [0, 0.1) is 0 Å². The minimum atomic E-state index is -4.39. The molecule has 0 unspecified atom stereocenters. The number of halogens is 4. The summed E-state index contributed by atoms with van der Waals surface area (Å²) in [4.78, 5) is 16.7. The summed E-state index contributed by atoms with van der Waals surface area (Å²) in [7, 11) is 1.55. The van der Waals surface area contributed by atoms with Crippen molar-refractivity contribution in [3.8, 4) is 11.5 Å². The second-order valence-electron chi connectivity index (χ2n) is 8.10. The molecule has 9 heteroatoms. The van der Waals surface area contributed by atoms with Crippen LogP contribution in [0.15, 0.2) is 66.7 Å². The molecular weight excluding hydrogens is 481 g/mol. The Bertz CT molecular complexity index is 1180. The van der Waals surface area contributed by atoms with Gasteiger partial charge < -0.3 is 19.3 Å². The molecule has 3 aromatic rings. The first kappa shape index (κ1) is 24.7. The summed E-state index contributed by atoms with van der Waals surface area (Å²) in [6, 6.07) is 17.4. The third-order valence-corrected chi connectivity index (χ3v) is 6.09. The van der Waals surface area contributed by atoms with Gasteiger partial charge in [0.05, 0.1) is 12.7 Å². The van der Waals surface area contributed by atoms with Crippen LogP contribution in [0.4, 0.5) is 18.9 Å². The van der Waals surface area contributed by atoms with Gasteiger partial charge in [0.1, 0.15) is 18.1 Å². The van der Waals surface area contributed by atoms with E-state index in [-0.39, 0.29) is 12.5 Å². The molecule has 1 aliphatic heterocycles. The Kier molecular flexibility index (Phi) is 7.40. The van der Waals surface area contributed by atoms with Crippen LogP contribution >= 0.6 is 11.6 Å². The number of carbonyl (C=O) groups excluding carboxylic acids is 1. The van der Waals surface area contributed by atoms with Gasteiger partial charge in [0.25, 0.3) is 5.91 Å². The van der Waals surface area contributed by atoms with Crippen LogP contribution < -0.4 is 14.4 Å². The standard InChI is InChI=1S/C26H24ClF3N2O3/c1-34-24-10-5-18(15-19(24)17-35-23-8-6-21(27)7-9-23)25(33)32-13-11-31(12-14-32)22-4-2-3-20(16-22)26(28,29)30/h2-10,15-16H,11-14,17H2,1H3. The van der Waals surface area contributed by atoms with Crippen molar-refractivity contribution in [3.63, 3.8) is 0 Å². The van der Waals surface area contributed by atoms with Crippen LogP contribution in [0.25, 0.3) is 0 Å². The molecule has 0 saturated carbocycles. The topological polar surface area (TPSA) is 42.0 Å². The predicted octanol–water partition coefficient (Wildman–Crippen LogP) is 5.91. The molecule has 3 aromatic carbocycles. The van der Waals surface area contributed by atoms with Gasteiger partial charge in [-0.05, 0) is 60.7 Å². The van der Waals surface area contributed by atoms with Crippen LogP contribution in [0.2, 0.25) is 5.02 Å². The summed E-state index contributed by atoms with van der Waals surface area (Å²) < 4.78 is 50.4. The van der Waals surface area contributed by atoms with Crippen molar-refractivity contribution >= 4 is 23.2 Å². The van der Waals surface area contributed by atoms with Crippen molar-refractivity contribution in [1.82, 2.24) is 4.90 Å². The van der Waals surface area contributed by atoms with Crippen molar-refractivity contribution in [2.45, 2.75) is 12.8 Å². The quantitative estimate of drug-likeness (QED) is 0.418. The summed E-state index contributed by atoms with van der Waals surface area (Å²) in [6.07, 6.45) is -4.39. The van der Waals surface area contributed by atoms with E-state index in [2.05, 4.69) is 0 Å². The highest BCUT2D eigenvalue weighted by atomic mass is 35.5. The number of alkyl halides is 3. The number of hydrogen-bond acceptors (Lipinski definition) is 4. The molecule has 1 saturated heterocycles. The van der Waals surface area contributed by atoms with Crippen molar-refractivity contribution in [1.29, 1.82) is 0 Å². The molecule has 1 aliphatic rings. The summed E-state index contributed by atoms with van der Waals surface area (Å²) in [5, 5.41) is 0.607. The number of rotatable bonds is 6. The van der Waals surface area contributed by atoms with E-state index in [9.17, 15) is 18.0 Å². The molecule has 0 radical (unpaired) electrons. The summed E-state index contributed by atoms with van der Waals surface area (Å²) in [5.41, 5.74) is 1.03. The number of nitrogens with zero attached hydrogens (tertiary/aromatic N) is 2. The molecule has 0 atom stereocenters. The average Bonchev–Trinajstić information content (AvgIpc) is 2.87. The van der Waals surface area contributed by atoms with E-state index in [0.717, 1.165) is 17.7 Å². The minimum absolute atomic E-state index is 0.149. The fourth-order valence-electron chi connectivity index (χ4n) is 3.95. The number of carbonyl (C=O) groups is 1. The van der Waals surface area contributed by atoms with E-state index in [1.54, 1.807) is 60.5 Å². The molecule has 184 valence electrons. The normalized spacial score (nSPS) is 14.1. The zero-order valence-corrected chi connectivity index (χ0v) is 19.8. The largest absolute Gasteiger partial charge is 0.496 e. The number of anilines is 1. The van der Waals surface area contributed by atoms with E-state index < -0.39 is 11.7 Å². The zero-order chi connectivity index (χ0) is 25.0. The molecule has 0 spiro atoms. The van der Waals surface area contributed by atoms with Crippen LogP contribution in [-0.2, 0) is 12.8 Å². The van der Waals surface area contributed by atoms with Crippen molar-refractivity contribution in [3.05, 3.63) is 88.4 Å². The van der Waals surface area contributed by atoms with Gasteiger partial charge in [0.2, 0.25) is 0 Å². The summed E-state index contributed by atoms with van der Waals surface area (Å²) >= 11 is 5.91. The van der Waals surface area contributed by atoms with Crippen LogP contribution in [0.1, 0.15) is 21.5 Å². The average molecular weight is 505 g/mol. The molecule has 1 amide bonds. The third kappa shape index (κ3) is 6.00.